The number of aromatic nitrogens is 4. The SMILES string of the molecule is N#Cc1ccc(-n2c(=O)n(Cc3ccncc3)c(=O)c3cccnc32)cc1. The molecule has 0 saturated carbocycles. The molecule has 0 amide bonds. The molecule has 7 nitrogen and oxygen atoms in total. The van der Waals surface area contributed by atoms with Crippen LogP contribution in [0.4, 0.5) is 0 Å². The van der Waals surface area contributed by atoms with Gasteiger partial charge in [0.1, 0.15) is 0 Å². The van der Waals surface area contributed by atoms with Crippen LogP contribution in [-0.4, -0.2) is 19.1 Å². The number of fused-ring (bicyclic) bond motifs is 1. The van der Waals surface area contributed by atoms with Crippen molar-refractivity contribution in [3.63, 3.8) is 0 Å². The maximum Gasteiger partial charge on any atom is 0.337 e. The summed E-state index contributed by atoms with van der Waals surface area (Å²) in [7, 11) is 0. The number of nitriles is 1. The molecule has 0 radical (unpaired) electrons. The minimum atomic E-state index is -0.493. The van der Waals surface area contributed by atoms with Crippen LogP contribution in [0.2, 0.25) is 0 Å². The lowest BCUT2D eigenvalue weighted by atomic mass is 10.2. The van der Waals surface area contributed by atoms with Crippen LogP contribution in [0.15, 0.2) is 76.7 Å². The highest BCUT2D eigenvalue weighted by molar-refractivity contribution is 5.75. The van der Waals surface area contributed by atoms with Crippen molar-refractivity contribution >= 4 is 11.0 Å². The van der Waals surface area contributed by atoms with Gasteiger partial charge in [-0.05, 0) is 54.1 Å². The van der Waals surface area contributed by atoms with Gasteiger partial charge in [0.05, 0.1) is 29.3 Å². The van der Waals surface area contributed by atoms with E-state index in [9.17, 15) is 9.59 Å². The summed E-state index contributed by atoms with van der Waals surface area (Å²) in [6, 6.07) is 15.4. The Morgan fingerprint density at radius 2 is 1.70 bits per heavy atom. The van der Waals surface area contributed by atoms with Gasteiger partial charge in [-0.15, -0.1) is 0 Å². The predicted octanol–water partition coefficient (Wildman–Crippen LogP) is 1.86. The molecule has 27 heavy (non-hydrogen) atoms. The first-order valence-corrected chi connectivity index (χ1v) is 8.19. The first-order valence-electron chi connectivity index (χ1n) is 8.19. The third-order valence-corrected chi connectivity index (χ3v) is 4.24. The third-order valence-electron chi connectivity index (χ3n) is 4.24. The molecule has 7 heteroatoms. The molecule has 0 bridgehead atoms. The second-order valence-electron chi connectivity index (χ2n) is 5.90. The van der Waals surface area contributed by atoms with E-state index < -0.39 is 11.2 Å². The van der Waals surface area contributed by atoms with Crippen molar-refractivity contribution in [3.05, 3.63) is 99.1 Å². The molecule has 0 unspecified atom stereocenters. The first-order chi connectivity index (χ1) is 13.2. The summed E-state index contributed by atoms with van der Waals surface area (Å²) in [6.07, 6.45) is 4.76. The van der Waals surface area contributed by atoms with Gasteiger partial charge in [-0.1, -0.05) is 0 Å². The number of rotatable bonds is 3. The van der Waals surface area contributed by atoms with Crippen LogP contribution in [0, 0.1) is 11.3 Å². The molecule has 0 spiro atoms. The summed E-state index contributed by atoms with van der Waals surface area (Å²) in [5.41, 5.74) is 1.19. The van der Waals surface area contributed by atoms with Gasteiger partial charge in [0.2, 0.25) is 0 Å². The number of hydrogen-bond donors (Lipinski definition) is 0. The Balaban J connectivity index is 2.01. The molecule has 4 aromatic rings. The summed E-state index contributed by atoms with van der Waals surface area (Å²) in [5, 5.41) is 9.33. The fraction of sp³-hybridized carbons (Fsp3) is 0.0500. The van der Waals surface area contributed by atoms with Crippen LogP contribution in [0.25, 0.3) is 16.7 Å². The summed E-state index contributed by atoms with van der Waals surface area (Å²) < 4.78 is 2.57. The molecular formula is C20H13N5O2. The van der Waals surface area contributed by atoms with Gasteiger partial charge in [-0.3, -0.25) is 14.3 Å². The van der Waals surface area contributed by atoms with E-state index in [0.717, 1.165) is 5.56 Å². The molecule has 0 fully saturated rings. The lowest BCUT2D eigenvalue weighted by molar-refractivity contribution is 0.682. The van der Waals surface area contributed by atoms with E-state index in [1.165, 1.54) is 15.3 Å². The van der Waals surface area contributed by atoms with Crippen LogP contribution in [0.5, 0.6) is 0 Å². The highest BCUT2D eigenvalue weighted by Gasteiger charge is 2.15. The Hall–Kier alpha value is -4.05. The molecule has 4 rings (SSSR count). The van der Waals surface area contributed by atoms with E-state index in [-0.39, 0.29) is 12.2 Å². The molecule has 0 atom stereocenters. The minimum Gasteiger partial charge on any atom is -0.268 e. The fourth-order valence-electron chi connectivity index (χ4n) is 2.91. The second kappa shape index (κ2) is 6.69. The predicted molar refractivity (Wildman–Crippen MR) is 99.7 cm³/mol. The number of pyridine rings is 2. The van der Waals surface area contributed by atoms with Crippen LogP contribution in [-0.2, 0) is 6.54 Å². The van der Waals surface area contributed by atoms with E-state index >= 15 is 0 Å². The largest absolute Gasteiger partial charge is 0.337 e. The molecule has 3 aromatic heterocycles. The summed E-state index contributed by atoms with van der Waals surface area (Å²) >= 11 is 0. The lowest BCUT2D eigenvalue weighted by Crippen LogP contribution is -2.40. The Morgan fingerprint density at radius 1 is 0.963 bits per heavy atom. The van der Waals surface area contributed by atoms with Gasteiger partial charge in [0.15, 0.2) is 5.65 Å². The van der Waals surface area contributed by atoms with Gasteiger partial charge < -0.3 is 0 Å². The Bertz CT molecular complexity index is 1280. The number of benzene rings is 1. The topological polar surface area (TPSA) is 93.6 Å². The second-order valence-corrected chi connectivity index (χ2v) is 5.90. The summed E-state index contributed by atoms with van der Waals surface area (Å²) in [4.78, 5) is 34.3. The Labute approximate surface area is 153 Å². The monoisotopic (exact) mass is 355 g/mol. The normalized spacial score (nSPS) is 10.6. The average molecular weight is 355 g/mol. The molecule has 0 aliphatic heterocycles. The van der Waals surface area contributed by atoms with Crippen molar-refractivity contribution in [1.29, 1.82) is 5.26 Å². The smallest absolute Gasteiger partial charge is 0.268 e. The number of hydrogen-bond acceptors (Lipinski definition) is 5. The van der Waals surface area contributed by atoms with Crippen molar-refractivity contribution < 1.29 is 0 Å². The van der Waals surface area contributed by atoms with Crippen molar-refractivity contribution in [1.82, 2.24) is 19.1 Å². The summed E-state index contributed by atoms with van der Waals surface area (Å²) in [5.74, 6) is 0. The maximum absolute atomic E-state index is 13.2. The maximum atomic E-state index is 13.2. The Morgan fingerprint density at radius 3 is 2.41 bits per heavy atom. The third kappa shape index (κ3) is 2.89. The zero-order valence-corrected chi connectivity index (χ0v) is 14.1. The van der Waals surface area contributed by atoms with E-state index in [4.69, 9.17) is 5.26 Å². The van der Waals surface area contributed by atoms with Crippen molar-refractivity contribution in [2.45, 2.75) is 6.54 Å². The summed E-state index contributed by atoms with van der Waals surface area (Å²) in [6.45, 7) is 0.126. The zero-order chi connectivity index (χ0) is 18.8. The zero-order valence-electron chi connectivity index (χ0n) is 14.1. The molecule has 0 N–H and O–H groups in total. The molecule has 0 saturated heterocycles. The fourth-order valence-corrected chi connectivity index (χ4v) is 2.91. The number of nitrogens with zero attached hydrogens (tertiary/aromatic N) is 5. The lowest BCUT2D eigenvalue weighted by Gasteiger charge is -2.13. The van der Waals surface area contributed by atoms with Gasteiger partial charge in [-0.2, -0.15) is 5.26 Å². The quantitative estimate of drug-likeness (QED) is 0.559. The van der Waals surface area contributed by atoms with E-state index in [1.54, 1.807) is 60.9 Å². The van der Waals surface area contributed by atoms with Crippen LogP contribution < -0.4 is 11.2 Å². The van der Waals surface area contributed by atoms with Crippen molar-refractivity contribution in [3.8, 4) is 11.8 Å². The van der Waals surface area contributed by atoms with Crippen LogP contribution >= 0.6 is 0 Å². The minimum absolute atomic E-state index is 0.126. The van der Waals surface area contributed by atoms with Crippen LogP contribution in [0.1, 0.15) is 11.1 Å². The van der Waals surface area contributed by atoms with Crippen molar-refractivity contribution in [2.24, 2.45) is 0 Å². The van der Waals surface area contributed by atoms with Crippen LogP contribution in [0.3, 0.4) is 0 Å². The molecule has 0 aliphatic carbocycles. The van der Waals surface area contributed by atoms with Gasteiger partial charge in [0.25, 0.3) is 5.56 Å². The van der Waals surface area contributed by atoms with Gasteiger partial charge in [-0.25, -0.2) is 14.3 Å². The van der Waals surface area contributed by atoms with Gasteiger partial charge in [0, 0.05) is 18.6 Å². The first kappa shape index (κ1) is 16.4. The Kier molecular flexibility index (Phi) is 4.07. The highest BCUT2D eigenvalue weighted by Crippen LogP contribution is 2.13. The van der Waals surface area contributed by atoms with Gasteiger partial charge >= 0.3 is 5.69 Å². The van der Waals surface area contributed by atoms with Crippen molar-refractivity contribution in [2.75, 3.05) is 0 Å². The van der Waals surface area contributed by atoms with E-state index in [0.29, 0.717) is 16.6 Å². The van der Waals surface area contributed by atoms with E-state index in [1.807, 2.05) is 6.07 Å². The standard InChI is InChI=1S/C20H13N5O2/c21-12-14-3-5-16(6-4-14)25-18-17(2-1-9-23-18)19(26)24(20(25)27)13-15-7-10-22-11-8-15/h1-11H,13H2. The highest BCUT2D eigenvalue weighted by atomic mass is 16.2. The van der Waals surface area contributed by atoms with E-state index in [2.05, 4.69) is 9.97 Å². The molecule has 3 heterocycles. The molecular weight excluding hydrogens is 342 g/mol. The average Bonchev–Trinajstić information content (AvgIpc) is 2.72. The molecule has 0 aliphatic rings. The molecule has 1 aromatic carbocycles. The molecule has 130 valence electrons.